The Balaban J connectivity index is -0.000000102. The molecule has 130 heavy (non-hydrogen) atoms. The zero-order valence-electron chi connectivity index (χ0n) is 89.4. The molecule has 0 atom stereocenters. The van der Waals surface area contributed by atoms with E-state index in [4.69, 9.17) is 4.74 Å². The molecule has 9 aromatic heterocycles. The van der Waals surface area contributed by atoms with Crippen LogP contribution in [0.2, 0.25) is 0 Å². The second-order valence-electron chi connectivity index (χ2n) is 20.2. The molecule has 22 heteroatoms. The van der Waals surface area contributed by atoms with Crippen LogP contribution in [0, 0.1) is 55.4 Å². The van der Waals surface area contributed by atoms with Crippen molar-refractivity contribution in [3.63, 3.8) is 0 Å². The lowest BCUT2D eigenvalue weighted by Crippen LogP contribution is -2.07. The number of rotatable bonds is 0. The average Bonchev–Trinajstić information content (AvgIpc) is 0.887. The van der Waals surface area contributed by atoms with Gasteiger partial charge in [-0.1, -0.05) is 345 Å². The molecular formula is C108H182N20OS. The Kier molecular flexibility index (Phi) is 153. The second kappa shape index (κ2) is 135. The van der Waals surface area contributed by atoms with Gasteiger partial charge in [-0.15, -0.1) is 27.1 Å². The van der Waals surface area contributed by atoms with E-state index < -0.39 is 0 Å². The quantitative estimate of drug-likeness (QED) is 0.136. The standard InChI is InChI=1S/C10H8.C9H7N.C9H10O.C9H10S.C6H7N.3C5H6N2.4C4H5N3.17C2H6/c1-2-6-10-8-4-3-7-9(10)5-1;3*1-2-6-9-8(4-1)5-3-7-10-9;1-6-2-4-7-5-3-6;1-5-4-6-2-3-7-5;1-5-2-3-6-4-7-5;1-5-2-3-6-7-4-5;1-4-6-2-5-3-7-4;1-4-2-6-7-3-5-4;1-4-2-5-3-6-7-4;1-4-5-2-3-6-7-4;17*1-2/h1-8H;1-7H;2*1-2,4,6H,3,5,7H2;2-5H,1H3;3*2-4H,1H3;4*2-3H,1H3;17*1-2H3. The number of fused-ring (bicyclic) bond motifs is 4. The Morgan fingerprint density at radius 3 is 1.04 bits per heavy atom. The maximum absolute atomic E-state index is 5.42. The Bertz CT molecular complexity index is 3430. The molecule has 0 radical (unpaired) electrons. The van der Waals surface area contributed by atoms with Crippen LogP contribution in [0.4, 0.5) is 0 Å². The second-order valence-corrected chi connectivity index (χ2v) is 21.3. The smallest absolute Gasteiger partial charge is 0.147 e. The first kappa shape index (κ1) is 147. The number of aryl methyl sites for hydroxylation is 10. The third kappa shape index (κ3) is 100. The minimum atomic E-state index is 0.711. The largest absolute Gasteiger partial charge is 0.493 e. The highest BCUT2D eigenvalue weighted by molar-refractivity contribution is 7.99. The molecule has 0 spiro atoms. The lowest BCUT2D eigenvalue weighted by Gasteiger charge is -2.15. The first-order valence-electron chi connectivity index (χ1n) is 47.6. The lowest BCUT2D eigenvalue weighted by atomic mass is 10.1. The fourth-order valence-electron chi connectivity index (χ4n) is 7.48. The van der Waals surface area contributed by atoms with E-state index in [-0.39, 0.29) is 0 Å². The first-order valence-corrected chi connectivity index (χ1v) is 48.6. The molecule has 2 aliphatic rings. The minimum absolute atomic E-state index is 0.711. The number of nitrogens with zero attached hydrogens (tertiary/aromatic N) is 20. The van der Waals surface area contributed by atoms with Crippen molar-refractivity contribution < 1.29 is 4.74 Å². The number of benzene rings is 5. The monoisotopic (exact) mass is 1810 g/mol. The summed E-state index contributed by atoms with van der Waals surface area (Å²) in [6, 6.07) is 53.5. The molecule has 0 saturated carbocycles. The third-order valence-electron chi connectivity index (χ3n) is 12.3. The molecule has 0 fully saturated rings. The molecule has 0 aliphatic carbocycles. The van der Waals surface area contributed by atoms with E-state index in [1.807, 2.05) is 362 Å². The number of ether oxygens (including phenoxy) is 1. The van der Waals surface area contributed by atoms with Crippen molar-refractivity contribution in [3.05, 3.63) is 327 Å². The first-order chi connectivity index (χ1) is 64.0. The number of aromatic nitrogens is 20. The molecule has 2 aliphatic heterocycles. The highest BCUT2D eigenvalue weighted by atomic mass is 32.2. The van der Waals surface area contributed by atoms with Gasteiger partial charge in [0.15, 0.2) is 0 Å². The van der Waals surface area contributed by atoms with E-state index in [1.54, 1.807) is 86.8 Å². The predicted octanol–water partition coefficient (Wildman–Crippen LogP) is 31.7. The van der Waals surface area contributed by atoms with Crippen molar-refractivity contribution in [2.45, 2.75) is 321 Å². The highest BCUT2D eigenvalue weighted by Gasteiger charge is 2.08. The Hall–Kier alpha value is -11.7. The minimum Gasteiger partial charge on any atom is -0.493 e. The molecule has 726 valence electrons. The van der Waals surface area contributed by atoms with E-state index in [1.165, 1.54) is 88.8 Å². The van der Waals surface area contributed by atoms with Crippen LogP contribution in [0.1, 0.15) is 305 Å². The summed E-state index contributed by atoms with van der Waals surface area (Å²) in [4.78, 5) is 47.3. The zero-order valence-corrected chi connectivity index (χ0v) is 90.2. The molecule has 16 rings (SSSR count). The fourth-order valence-corrected chi connectivity index (χ4v) is 8.51. The van der Waals surface area contributed by atoms with Gasteiger partial charge < -0.3 is 4.74 Å². The van der Waals surface area contributed by atoms with Gasteiger partial charge in [0, 0.05) is 71.7 Å². The van der Waals surface area contributed by atoms with Crippen molar-refractivity contribution >= 4 is 33.4 Å². The maximum atomic E-state index is 5.42. The highest BCUT2D eigenvalue weighted by Crippen LogP contribution is 2.29. The summed E-state index contributed by atoms with van der Waals surface area (Å²) >= 11 is 1.99. The number of hydrogen-bond donors (Lipinski definition) is 0. The summed E-state index contributed by atoms with van der Waals surface area (Å²) in [6.07, 6.45) is 34.3. The SMILES string of the molecule is CC.CC.CC.CC.CC.CC.CC.CC.CC.CC.CC.CC.CC.CC.CC.CC.CC.Cc1ccncc1.Cc1ccncn1.Cc1ccnnc1.Cc1cnccn1.Cc1cncnn1.Cc1cnncn1.Cc1nccnn1.Cc1ncncn1.c1ccc2c(c1)CCCO2.c1ccc2c(c1)CCCS2.c1ccc2ccccc2c1.c1ccc2ncccc2c1. The summed E-state index contributed by atoms with van der Waals surface area (Å²) in [6.45, 7) is 84.1. The summed E-state index contributed by atoms with van der Waals surface area (Å²) in [5.41, 5.74) is 10.1. The van der Waals surface area contributed by atoms with Gasteiger partial charge in [0.25, 0.3) is 0 Å². The van der Waals surface area contributed by atoms with Crippen molar-refractivity contribution in [3.8, 4) is 5.75 Å². The summed E-state index contributed by atoms with van der Waals surface area (Å²) in [5.74, 6) is 3.85. The third-order valence-corrected chi connectivity index (χ3v) is 13.5. The molecule has 0 amide bonds. The van der Waals surface area contributed by atoms with Gasteiger partial charge in [0.2, 0.25) is 0 Å². The Morgan fingerprint density at radius 1 is 0.246 bits per heavy atom. The van der Waals surface area contributed by atoms with Crippen LogP contribution in [0.25, 0.3) is 21.7 Å². The van der Waals surface area contributed by atoms with Gasteiger partial charge in [-0.05, 0) is 168 Å². The predicted molar refractivity (Wildman–Crippen MR) is 572 cm³/mol. The van der Waals surface area contributed by atoms with E-state index >= 15 is 0 Å². The Morgan fingerprint density at radius 2 is 0.700 bits per heavy atom. The topological polar surface area (TPSA) is 267 Å². The van der Waals surface area contributed by atoms with Gasteiger partial charge in [0.1, 0.15) is 49.0 Å². The van der Waals surface area contributed by atoms with Crippen LogP contribution in [0.5, 0.6) is 5.75 Å². The molecule has 14 aromatic rings. The van der Waals surface area contributed by atoms with Crippen LogP contribution in [0.3, 0.4) is 0 Å². The lowest BCUT2D eigenvalue weighted by molar-refractivity contribution is 0.288. The van der Waals surface area contributed by atoms with Crippen molar-refractivity contribution in [1.82, 2.24) is 101 Å². The van der Waals surface area contributed by atoms with Crippen LogP contribution in [-0.2, 0) is 12.8 Å². The van der Waals surface area contributed by atoms with Gasteiger partial charge in [-0.3, -0.25) is 19.9 Å². The maximum Gasteiger partial charge on any atom is 0.147 e. The molecule has 21 nitrogen and oxygen atoms in total. The summed E-state index contributed by atoms with van der Waals surface area (Å²) in [7, 11) is 0. The van der Waals surface area contributed by atoms with Gasteiger partial charge in [-0.25, -0.2) is 39.9 Å². The van der Waals surface area contributed by atoms with E-state index in [2.05, 4.69) is 198 Å². The van der Waals surface area contributed by atoms with E-state index in [0.717, 1.165) is 58.5 Å². The number of hydrogen-bond acceptors (Lipinski definition) is 22. The van der Waals surface area contributed by atoms with Gasteiger partial charge in [0.05, 0.1) is 54.0 Å². The normalized spacial score (nSPS) is 8.54. The van der Waals surface area contributed by atoms with Crippen molar-refractivity contribution in [2.75, 3.05) is 12.4 Å². The number of pyridine rings is 2. The molecule has 0 bridgehead atoms. The van der Waals surface area contributed by atoms with Crippen LogP contribution in [-0.4, -0.2) is 113 Å². The molecule has 0 N–H and O–H groups in total. The van der Waals surface area contributed by atoms with E-state index in [9.17, 15) is 0 Å². The number of para-hydroxylation sites is 2. The van der Waals surface area contributed by atoms with Crippen molar-refractivity contribution in [2.24, 2.45) is 0 Å². The van der Waals surface area contributed by atoms with Crippen molar-refractivity contribution in [1.29, 1.82) is 0 Å². The molecule has 11 heterocycles. The van der Waals surface area contributed by atoms with Crippen LogP contribution in [0.15, 0.2) is 275 Å². The summed E-state index contributed by atoms with van der Waals surface area (Å²) < 4.78 is 5.42. The van der Waals surface area contributed by atoms with Crippen LogP contribution >= 0.6 is 11.8 Å². The molecule has 0 saturated heterocycles. The fraction of sp³-hybridized carbons (Fsp3) is 0.444. The molecular weight excluding hydrogens is 1630 g/mol. The molecule has 5 aromatic carbocycles. The average molecular weight is 1810 g/mol. The van der Waals surface area contributed by atoms with E-state index in [0.29, 0.717) is 5.82 Å². The van der Waals surface area contributed by atoms with Gasteiger partial charge >= 0.3 is 0 Å². The van der Waals surface area contributed by atoms with Gasteiger partial charge in [-0.2, -0.15) is 25.5 Å². The number of thioether (sulfide) groups is 1. The summed E-state index contributed by atoms with van der Waals surface area (Å²) in [5, 5.41) is 32.5. The Labute approximate surface area is 800 Å². The van der Waals surface area contributed by atoms with Crippen LogP contribution < -0.4 is 4.74 Å². The molecule has 0 unspecified atom stereocenters. The zero-order chi connectivity index (χ0) is 102.